The Morgan fingerprint density at radius 2 is 2.14 bits per heavy atom. The fourth-order valence-corrected chi connectivity index (χ4v) is 2.76. The predicted molar refractivity (Wildman–Crippen MR) is 68.1 cm³/mol. The highest BCUT2D eigenvalue weighted by molar-refractivity contribution is 7.89. The highest BCUT2D eigenvalue weighted by Gasteiger charge is 2.23. The van der Waals surface area contributed by atoms with Crippen molar-refractivity contribution in [2.45, 2.75) is 18.1 Å². The molecule has 120 valence electrons. The summed E-state index contributed by atoms with van der Waals surface area (Å²) in [6.07, 6.45) is 1.21. The Balaban J connectivity index is 2.23. The Morgan fingerprint density at radius 3 is 2.68 bits per heavy atom. The van der Waals surface area contributed by atoms with Gasteiger partial charge in [0.15, 0.2) is 11.6 Å². The number of aromatic amines is 1. The molecule has 0 saturated carbocycles. The molecule has 0 radical (unpaired) electrons. The van der Waals surface area contributed by atoms with Crippen LogP contribution in [-0.4, -0.2) is 41.6 Å². The van der Waals surface area contributed by atoms with Gasteiger partial charge in [0.05, 0.1) is 11.4 Å². The monoisotopic (exact) mass is 336 g/mol. The van der Waals surface area contributed by atoms with Crippen molar-refractivity contribution in [2.24, 2.45) is 0 Å². The minimum Gasteiger partial charge on any atom is -0.432 e. The van der Waals surface area contributed by atoms with Crippen LogP contribution in [0.15, 0.2) is 29.4 Å². The minimum absolute atomic E-state index is 0.112. The molecule has 0 bridgehead atoms. The fraction of sp³-hybridized carbons (Fsp3) is 0.273. The van der Waals surface area contributed by atoms with E-state index in [9.17, 15) is 21.6 Å². The van der Waals surface area contributed by atoms with Crippen LogP contribution in [0.1, 0.15) is 5.82 Å². The quantitative estimate of drug-likeness (QED) is 0.861. The Bertz CT molecular complexity index is 737. The lowest BCUT2D eigenvalue weighted by molar-refractivity contribution is -0.0522. The molecule has 0 amide bonds. The van der Waals surface area contributed by atoms with Crippen LogP contribution in [0, 0.1) is 5.82 Å². The van der Waals surface area contributed by atoms with E-state index in [1.165, 1.54) is 13.4 Å². The second-order valence-electron chi connectivity index (χ2n) is 4.16. The van der Waals surface area contributed by atoms with Gasteiger partial charge >= 0.3 is 6.61 Å². The Kier molecular flexibility index (Phi) is 4.66. The molecule has 1 heterocycles. The van der Waals surface area contributed by atoms with E-state index in [1.807, 2.05) is 0 Å². The first kappa shape index (κ1) is 16.2. The number of nitrogens with zero attached hydrogens (tertiary/aromatic N) is 3. The number of hydrogen-bond acceptors (Lipinski definition) is 5. The zero-order chi connectivity index (χ0) is 16.3. The molecule has 2 rings (SSSR count). The number of H-pyrrole nitrogens is 1. The Morgan fingerprint density at radius 1 is 1.41 bits per heavy atom. The van der Waals surface area contributed by atoms with Crippen LogP contribution < -0.4 is 4.74 Å². The van der Waals surface area contributed by atoms with E-state index in [0.717, 1.165) is 16.4 Å². The number of sulfonamides is 1. The molecule has 0 fully saturated rings. The lowest BCUT2D eigenvalue weighted by Crippen LogP contribution is -2.27. The molecule has 0 saturated heterocycles. The average Bonchev–Trinajstić information content (AvgIpc) is 2.93. The summed E-state index contributed by atoms with van der Waals surface area (Å²) in [5.41, 5.74) is 0. The van der Waals surface area contributed by atoms with Crippen molar-refractivity contribution >= 4 is 10.0 Å². The van der Waals surface area contributed by atoms with Crippen LogP contribution in [0.3, 0.4) is 0 Å². The molecular formula is C11H11F3N4O3S. The molecule has 0 aliphatic rings. The third-order valence-corrected chi connectivity index (χ3v) is 4.46. The first-order chi connectivity index (χ1) is 10.3. The van der Waals surface area contributed by atoms with Crippen molar-refractivity contribution in [1.82, 2.24) is 19.5 Å². The molecule has 0 aliphatic carbocycles. The molecule has 0 atom stereocenters. The van der Waals surface area contributed by atoms with E-state index >= 15 is 0 Å². The number of hydrogen-bond donors (Lipinski definition) is 1. The molecule has 11 heteroatoms. The second kappa shape index (κ2) is 6.32. The van der Waals surface area contributed by atoms with E-state index in [-0.39, 0.29) is 6.54 Å². The van der Waals surface area contributed by atoms with Gasteiger partial charge < -0.3 is 4.74 Å². The number of ether oxygens (including phenoxy) is 1. The van der Waals surface area contributed by atoms with Gasteiger partial charge in [0, 0.05) is 7.05 Å². The molecule has 2 aromatic rings. The topological polar surface area (TPSA) is 88.2 Å². The third-order valence-electron chi connectivity index (χ3n) is 2.66. The van der Waals surface area contributed by atoms with Gasteiger partial charge in [-0.25, -0.2) is 17.8 Å². The highest BCUT2D eigenvalue weighted by atomic mass is 32.2. The lowest BCUT2D eigenvalue weighted by atomic mass is 10.3. The molecule has 1 aromatic heterocycles. The SMILES string of the molecule is CN(Cc1ncn[nH]1)S(=O)(=O)c1ccc(OC(F)F)c(F)c1. The van der Waals surface area contributed by atoms with Crippen molar-refractivity contribution in [2.75, 3.05) is 7.05 Å². The fourth-order valence-electron chi connectivity index (χ4n) is 1.62. The van der Waals surface area contributed by atoms with Crippen LogP contribution in [0.5, 0.6) is 5.75 Å². The van der Waals surface area contributed by atoms with Gasteiger partial charge in [-0.05, 0) is 18.2 Å². The van der Waals surface area contributed by atoms with Crippen molar-refractivity contribution in [3.63, 3.8) is 0 Å². The van der Waals surface area contributed by atoms with Gasteiger partial charge in [-0.3, -0.25) is 5.10 Å². The molecule has 1 aromatic carbocycles. The van der Waals surface area contributed by atoms with Gasteiger partial charge in [0.2, 0.25) is 10.0 Å². The maximum atomic E-state index is 13.6. The third kappa shape index (κ3) is 3.54. The zero-order valence-electron chi connectivity index (χ0n) is 11.2. The van der Waals surface area contributed by atoms with E-state index in [4.69, 9.17) is 0 Å². The van der Waals surface area contributed by atoms with Crippen molar-refractivity contribution in [3.8, 4) is 5.75 Å². The standard InChI is InChI=1S/C11H11F3N4O3S/c1-18(5-10-15-6-16-17-10)22(19,20)7-2-3-9(8(12)4-7)21-11(13)14/h2-4,6,11H,5H2,1H3,(H,15,16,17). The van der Waals surface area contributed by atoms with Crippen LogP contribution in [0.2, 0.25) is 0 Å². The van der Waals surface area contributed by atoms with E-state index in [0.29, 0.717) is 11.9 Å². The first-order valence-corrected chi connectivity index (χ1v) is 7.29. The first-order valence-electron chi connectivity index (χ1n) is 5.85. The van der Waals surface area contributed by atoms with Crippen LogP contribution in [0.25, 0.3) is 0 Å². The molecule has 1 N–H and O–H groups in total. The maximum Gasteiger partial charge on any atom is 0.387 e. The van der Waals surface area contributed by atoms with E-state index < -0.39 is 33.1 Å². The van der Waals surface area contributed by atoms with Crippen molar-refractivity contribution < 1.29 is 26.3 Å². The van der Waals surface area contributed by atoms with Gasteiger partial charge in [0.25, 0.3) is 0 Å². The summed E-state index contributed by atoms with van der Waals surface area (Å²) in [7, 11) is -2.76. The summed E-state index contributed by atoms with van der Waals surface area (Å²) in [6, 6.07) is 2.42. The number of halogens is 3. The predicted octanol–water partition coefficient (Wildman–Crippen LogP) is 1.37. The van der Waals surface area contributed by atoms with Crippen LogP contribution in [-0.2, 0) is 16.6 Å². The zero-order valence-corrected chi connectivity index (χ0v) is 12.0. The average molecular weight is 336 g/mol. The largest absolute Gasteiger partial charge is 0.432 e. The van der Waals surface area contributed by atoms with Crippen LogP contribution >= 0.6 is 0 Å². The van der Waals surface area contributed by atoms with Crippen molar-refractivity contribution in [1.29, 1.82) is 0 Å². The lowest BCUT2D eigenvalue weighted by Gasteiger charge is -2.16. The molecule has 7 nitrogen and oxygen atoms in total. The van der Waals surface area contributed by atoms with Gasteiger partial charge in [-0.15, -0.1) is 0 Å². The second-order valence-corrected chi connectivity index (χ2v) is 6.21. The van der Waals surface area contributed by atoms with Gasteiger partial charge in [0.1, 0.15) is 12.2 Å². The summed E-state index contributed by atoms with van der Waals surface area (Å²) in [5, 5.41) is 6.07. The Labute approximate surface area is 123 Å². The summed E-state index contributed by atoms with van der Waals surface area (Å²) in [6.45, 7) is -3.31. The van der Waals surface area contributed by atoms with Crippen molar-refractivity contribution in [3.05, 3.63) is 36.2 Å². The van der Waals surface area contributed by atoms with Crippen LogP contribution in [0.4, 0.5) is 13.2 Å². The molecule has 22 heavy (non-hydrogen) atoms. The van der Waals surface area contributed by atoms with E-state index in [2.05, 4.69) is 19.9 Å². The summed E-state index contributed by atoms with van der Waals surface area (Å²) >= 11 is 0. The summed E-state index contributed by atoms with van der Waals surface area (Å²) in [5.74, 6) is -1.63. The smallest absolute Gasteiger partial charge is 0.387 e. The highest BCUT2D eigenvalue weighted by Crippen LogP contribution is 2.24. The van der Waals surface area contributed by atoms with E-state index in [1.54, 1.807) is 0 Å². The number of alkyl halides is 2. The Hall–Kier alpha value is -2.14. The number of nitrogens with one attached hydrogen (secondary N) is 1. The molecule has 0 unspecified atom stereocenters. The molecule has 0 aliphatic heterocycles. The number of benzene rings is 1. The minimum atomic E-state index is -4.02. The molecule has 0 spiro atoms. The van der Waals surface area contributed by atoms with Gasteiger partial charge in [-0.1, -0.05) is 0 Å². The molecular weight excluding hydrogens is 325 g/mol. The summed E-state index contributed by atoms with van der Waals surface area (Å²) in [4.78, 5) is 3.38. The maximum absolute atomic E-state index is 13.6. The number of aromatic nitrogens is 3. The van der Waals surface area contributed by atoms with Gasteiger partial charge in [-0.2, -0.15) is 18.2 Å². The summed E-state index contributed by atoms with van der Waals surface area (Å²) < 4.78 is 67.0. The number of rotatable bonds is 6. The normalized spacial score (nSPS) is 12.1.